The number of carbonyl (C=O) groups is 1. The van der Waals surface area contributed by atoms with E-state index in [-0.39, 0.29) is 36.3 Å². The Balaban J connectivity index is 0.00000169. The van der Waals surface area contributed by atoms with Crippen molar-refractivity contribution in [3.63, 3.8) is 0 Å². The van der Waals surface area contributed by atoms with E-state index in [4.69, 9.17) is 4.74 Å². The van der Waals surface area contributed by atoms with Gasteiger partial charge in [-0.05, 0) is 25.8 Å². The second-order valence-electron chi connectivity index (χ2n) is 7.50. The number of morpholine rings is 1. The number of ether oxygens (including phenoxy) is 1. The third kappa shape index (κ3) is 6.80. The molecule has 0 spiro atoms. The van der Waals surface area contributed by atoms with Gasteiger partial charge in [-0.1, -0.05) is 12.8 Å². The lowest BCUT2D eigenvalue weighted by atomic mass is 9.90. The lowest BCUT2D eigenvalue weighted by Gasteiger charge is -2.43. The van der Waals surface area contributed by atoms with Gasteiger partial charge < -0.3 is 20.3 Å². The Bertz CT molecular complexity index is 397. The van der Waals surface area contributed by atoms with Gasteiger partial charge in [-0.25, -0.2) is 0 Å². The Kier molecular flexibility index (Phi) is 11.4. The van der Waals surface area contributed by atoms with Gasteiger partial charge in [0, 0.05) is 57.8 Å². The van der Waals surface area contributed by atoms with E-state index >= 15 is 0 Å². The average molecular weight is 411 g/mol. The van der Waals surface area contributed by atoms with Crippen molar-refractivity contribution in [3.8, 4) is 0 Å². The van der Waals surface area contributed by atoms with E-state index in [2.05, 4.69) is 20.4 Å². The Morgan fingerprint density at radius 3 is 2.35 bits per heavy atom. The minimum absolute atomic E-state index is 0. The monoisotopic (exact) mass is 410 g/mol. The molecule has 0 unspecified atom stereocenters. The molecule has 6 nitrogen and oxygen atoms in total. The molecule has 0 aromatic heterocycles. The summed E-state index contributed by atoms with van der Waals surface area (Å²) in [5.74, 6) is 0.240. The first kappa shape index (κ1) is 23.9. The summed E-state index contributed by atoms with van der Waals surface area (Å²) < 4.78 is 5.50. The van der Waals surface area contributed by atoms with Crippen LogP contribution in [0.5, 0.6) is 0 Å². The van der Waals surface area contributed by atoms with Crippen LogP contribution in [0.4, 0.5) is 0 Å². The van der Waals surface area contributed by atoms with Gasteiger partial charge in [0.25, 0.3) is 0 Å². The quantitative estimate of drug-likeness (QED) is 0.619. The highest BCUT2D eigenvalue weighted by molar-refractivity contribution is 5.85. The lowest BCUT2D eigenvalue weighted by Crippen LogP contribution is -2.54. The number of hydrogen-bond acceptors (Lipinski definition) is 5. The van der Waals surface area contributed by atoms with E-state index in [0.717, 1.165) is 72.0 Å². The highest BCUT2D eigenvalue weighted by Crippen LogP contribution is 2.38. The molecule has 26 heavy (non-hydrogen) atoms. The summed E-state index contributed by atoms with van der Waals surface area (Å²) in [5, 5.41) is 6.55. The first-order valence-electron chi connectivity index (χ1n) is 9.81. The molecule has 2 N–H and O–H groups in total. The summed E-state index contributed by atoms with van der Waals surface area (Å²) in [6, 6.07) is 0. The highest BCUT2D eigenvalue weighted by atomic mass is 35.5. The zero-order valence-corrected chi connectivity index (χ0v) is 17.5. The first-order valence-corrected chi connectivity index (χ1v) is 9.81. The van der Waals surface area contributed by atoms with E-state index in [1.54, 1.807) is 0 Å². The van der Waals surface area contributed by atoms with Crippen molar-refractivity contribution in [2.45, 2.75) is 44.1 Å². The standard InChI is InChI=1S/C18H34N4O2.2ClH/c23-17(20-6-3-9-21-10-7-19-8-11-21)16-18(4-1-2-5-18)22-12-14-24-15-13-22;;/h19H,1-16H2,(H,20,23);2*1H. The van der Waals surface area contributed by atoms with Crippen LogP contribution in [0, 0.1) is 0 Å². The van der Waals surface area contributed by atoms with E-state index in [1.807, 2.05) is 0 Å². The minimum atomic E-state index is 0. The number of hydrogen-bond donors (Lipinski definition) is 2. The van der Waals surface area contributed by atoms with Gasteiger partial charge in [0.15, 0.2) is 0 Å². The van der Waals surface area contributed by atoms with Crippen LogP contribution in [0.2, 0.25) is 0 Å². The molecule has 1 aliphatic carbocycles. The molecule has 2 heterocycles. The summed E-state index contributed by atoms with van der Waals surface area (Å²) >= 11 is 0. The highest BCUT2D eigenvalue weighted by Gasteiger charge is 2.41. The van der Waals surface area contributed by atoms with Crippen LogP contribution in [0.1, 0.15) is 38.5 Å². The molecule has 3 aliphatic rings. The van der Waals surface area contributed by atoms with E-state index in [1.165, 1.54) is 25.7 Å². The van der Waals surface area contributed by atoms with Crippen molar-refractivity contribution in [2.75, 3.05) is 65.6 Å². The van der Waals surface area contributed by atoms with E-state index in [0.29, 0.717) is 6.42 Å². The second-order valence-corrected chi connectivity index (χ2v) is 7.50. The predicted octanol–water partition coefficient (Wildman–Crippen LogP) is 1.28. The normalized spacial score (nSPS) is 23.7. The number of carbonyl (C=O) groups excluding carboxylic acids is 1. The number of amides is 1. The number of nitrogens with zero attached hydrogens (tertiary/aromatic N) is 2. The van der Waals surface area contributed by atoms with Crippen molar-refractivity contribution < 1.29 is 9.53 Å². The van der Waals surface area contributed by atoms with Crippen molar-refractivity contribution in [2.24, 2.45) is 0 Å². The van der Waals surface area contributed by atoms with Gasteiger partial charge in [0.2, 0.25) is 5.91 Å². The zero-order chi connectivity index (χ0) is 16.7. The van der Waals surface area contributed by atoms with Crippen LogP contribution in [-0.4, -0.2) is 86.8 Å². The fraction of sp³-hybridized carbons (Fsp3) is 0.944. The molecular weight excluding hydrogens is 375 g/mol. The van der Waals surface area contributed by atoms with Crippen LogP contribution < -0.4 is 10.6 Å². The van der Waals surface area contributed by atoms with E-state index in [9.17, 15) is 4.79 Å². The molecule has 3 rings (SSSR count). The third-order valence-corrected chi connectivity index (χ3v) is 5.89. The summed E-state index contributed by atoms with van der Waals surface area (Å²) in [5.41, 5.74) is 0.104. The fourth-order valence-corrected chi connectivity index (χ4v) is 4.50. The number of halogens is 2. The third-order valence-electron chi connectivity index (χ3n) is 5.89. The maximum Gasteiger partial charge on any atom is 0.221 e. The Labute approximate surface area is 170 Å². The van der Waals surface area contributed by atoms with Gasteiger partial charge in [-0.15, -0.1) is 24.8 Å². The van der Waals surface area contributed by atoms with Crippen molar-refractivity contribution in [1.29, 1.82) is 0 Å². The van der Waals surface area contributed by atoms with Crippen LogP contribution in [0.3, 0.4) is 0 Å². The molecule has 0 atom stereocenters. The van der Waals surface area contributed by atoms with Gasteiger partial charge >= 0.3 is 0 Å². The maximum absolute atomic E-state index is 12.5. The Morgan fingerprint density at radius 2 is 1.69 bits per heavy atom. The Morgan fingerprint density at radius 1 is 1.04 bits per heavy atom. The molecule has 0 aromatic carbocycles. The summed E-state index contributed by atoms with van der Waals surface area (Å²) in [6.07, 6.45) is 6.57. The average Bonchev–Trinajstić information content (AvgIpc) is 3.10. The Hall–Kier alpha value is -0.110. The fourth-order valence-electron chi connectivity index (χ4n) is 4.50. The van der Waals surface area contributed by atoms with Crippen LogP contribution in [-0.2, 0) is 9.53 Å². The molecule has 0 radical (unpaired) electrons. The molecule has 1 saturated carbocycles. The molecule has 8 heteroatoms. The predicted molar refractivity (Wildman–Crippen MR) is 110 cm³/mol. The molecule has 0 aromatic rings. The molecule has 0 bridgehead atoms. The molecule has 3 fully saturated rings. The van der Waals surface area contributed by atoms with Crippen molar-refractivity contribution >= 4 is 30.7 Å². The minimum Gasteiger partial charge on any atom is -0.379 e. The SMILES string of the molecule is Cl.Cl.O=C(CC1(N2CCOCC2)CCCC1)NCCCN1CCNCC1. The van der Waals surface area contributed by atoms with Crippen LogP contribution >= 0.6 is 24.8 Å². The molecule has 2 saturated heterocycles. The van der Waals surface area contributed by atoms with Gasteiger partial charge in [0.1, 0.15) is 0 Å². The summed E-state index contributed by atoms with van der Waals surface area (Å²) in [7, 11) is 0. The van der Waals surface area contributed by atoms with Crippen molar-refractivity contribution in [3.05, 3.63) is 0 Å². The van der Waals surface area contributed by atoms with Crippen LogP contribution in [0.15, 0.2) is 0 Å². The number of nitrogens with one attached hydrogen (secondary N) is 2. The number of rotatable bonds is 7. The second kappa shape index (κ2) is 12.4. The summed E-state index contributed by atoms with van der Waals surface area (Å²) in [6.45, 7) is 9.94. The summed E-state index contributed by atoms with van der Waals surface area (Å²) in [4.78, 5) is 17.5. The molecule has 154 valence electrons. The molecular formula is C18H36Cl2N4O2. The smallest absolute Gasteiger partial charge is 0.221 e. The first-order chi connectivity index (χ1) is 11.8. The molecule has 2 aliphatic heterocycles. The maximum atomic E-state index is 12.5. The zero-order valence-electron chi connectivity index (χ0n) is 15.8. The molecule has 1 amide bonds. The van der Waals surface area contributed by atoms with Crippen molar-refractivity contribution in [1.82, 2.24) is 20.4 Å². The van der Waals surface area contributed by atoms with E-state index < -0.39 is 0 Å². The largest absolute Gasteiger partial charge is 0.379 e. The van der Waals surface area contributed by atoms with Crippen LogP contribution in [0.25, 0.3) is 0 Å². The number of piperazine rings is 1. The van der Waals surface area contributed by atoms with Gasteiger partial charge in [-0.3, -0.25) is 9.69 Å². The lowest BCUT2D eigenvalue weighted by molar-refractivity contribution is -0.125. The van der Waals surface area contributed by atoms with Gasteiger partial charge in [-0.2, -0.15) is 0 Å². The van der Waals surface area contributed by atoms with Gasteiger partial charge in [0.05, 0.1) is 13.2 Å². The topological polar surface area (TPSA) is 56.8 Å².